The van der Waals surface area contributed by atoms with Crippen molar-refractivity contribution in [2.45, 2.75) is 10.9 Å². The first-order valence-electron chi connectivity index (χ1n) is 5.33. The van der Waals surface area contributed by atoms with Gasteiger partial charge in [-0.3, -0.25) is 4.57 Å². The molecule has 19 heavy (non-hydrogen) atoms. The van der Waals surface area contributed by atoms with E-state index in [9.17, 15) is 4.79 Å². The quantitative estimate of drug-likeness (QED) is 0.712. The predicted octanol–water partition coefficient (Wildman–Crippen LogP) is 1.04. The molecule has 8 nitrogen and oxygen atoms in total. The van der Waals surface area contributed by atoms with Crippen LogP contribution in [0.1, 0.15) is 5.89 Å². The standard InChI is InChI=1S/C10H9N5O3S/c1-15-9(16)12-13-10(15)19-5-7-11-8(14-18-7)6-2-3-17-4-6/h2-4H,5H2,1H3,(H,12,16). The van der Waals surface area contributed by atoms with Crippen LogP contribution < -0.4 is 5.69 Å². The van der Waals surface area contributed by atoms with Gasteiger partial charge in [0, 0.05) is 7.05 Å². The van der Waals surface area contributed by atoms with Crippen LogP contribution in [0, 0.1) is 0 Å². The Balaban J connectivity index is 1.71. The number of nitrogens with one attached hydrogen (secondary N) is 1. The Bertz CT molecular complexity index is 727. The maximum absolute atomic E-state index is 11.2. The summed E-state index contributed by atoms with van der Waals surface area (Å²) in [4.78, 5) is 15.4. The molecule has 3 aromatic heterocycles. The normalized spacial score (nSPS) is 11.0. The van der Waals surface area contributed by atoms with Crippen molar-refractivity contribution in [1.82, 2.24) is 24.9 Å². The third-order valence-corrected chi connectivity index (χ3v) is 3.43. The maximum Gasteiger partial charge on any atom is 0.343 e. The molecule has 0 fully saturated rings. The summed E-state index contributed by atoms with van der Waals surface area (Å²) in [6.07, 6.45) is 3.08. The van der Waals surface area contributed by atoms with Gasteiger partial charge in [-0.05, 0) is 6.07 Å². The molecule has 0 saturated carbocycles. The Labute approximate surface area is 110 Å². The zero-order chi connectivity index (χ0) is 13.2. The van der Waals surface area contributed by atoms with Crippen LogP contribution in [-0.2, 0) is 12.8 Å². The van der Waals surface area contributed by atoms with Gasteiger partial charge in [0.2, 0.25) is 11.7 Å². The number of furan rings is 1. The second-order valence-corrected chi connectivity index (χ2v) is 4.63. The summed E-state index contributed by atoms with van der Waals surface area (Å²) < 4.78 is 11.5. The van der Waals surface area contributed by atoms with E-state index >= 15 is 0 Å². The van der Waals surface area contributed by atoms with Crippen molar-refractivity contribution in [3.63, 3.8) is 0 Å². The van der Waals surface area contributed by atoms with Gasteiger partial charge in [-0.15, -0.1) is 5.10 Å². The van der Waals surface area contributed by atoms with Gasteiger partial charge < -0.3 is 8.94 Å². The lowest BCUT2D eigenvalue weighted by Crippen LogP contribution is -2.12. The van der Waals surface area contributed by atoms with Crippen LogP contribution in [0.3, 0.4) is 0 Å². The minimum Gasteiger partial charge on any atom is -0.472 e. The highest BCUT2D eigenvalue weighted by Crippen LogP contribution is 2.21. The van der Waals surface area contributed by atoms with Crippen molar-refractivity contribution in [2.75, 3.05) is 0 Å². The monoisotopic (exact) mass is 279 g/mol. The minimum atomic E-state index is -0.257. The summed E-state index contributed by atoms with van der Waals surface area (Å²) in [5.74, 6) is 1.36. The summed E-state index contributed by atoms with van der Waals surface area (Å²) in [5, 5.41) is 10.6. The fraction of sp³-hybridized carbons (Fsp3) is 0.200. The first-order valence-corrected chi connectivity index (χ1v) is 6.32. The van der Waals surface area contributed by atoms with Gasteiger partial charge in [-0.1, -0.05) is 16.9 Å². The lowest BCUT2D eigenvalue weighted by molar-refractivity contribution is 0.391. The molecule has 0 spiro atoms. The smallest absolute Gasteiger partial charge is 0.343 e. The largest absolute Gasteiger partial charge is 0.472 e. The van der Waals surface area contributed by atoms with Gasteiger partial charge in [0.25, 0.3) is 0 Å². The van der Waals surface area contributed by atoms with E-state index in [2.05, 4.69) is 20.3 Å². The predicted molar refractivity (Wildman–Crippen MR) is 65.4 cm³/mol. The average molecular weight is 279 g/mol. The van der Waals surface area contributed by atoms with Gasteiger partial charge in [0.1, 0.15) is 6.26 Å². The van der Waals surface area contributed by atoms with Gasteiger partial charge in [-0.2, -0.15) is 4.98 Å². The van der Waals surface area contributed by atoms with Crippen LogP contribution >= 0.6 is 11.8 Å². The number of nitrogens with zero attached hydrogens (tertiary/aromatic N) is 4. The molecule has 1 N–H and O–H groups in total. The molecule has 3 rings (SSSR count). The topological polar surface area (TPSA) is 103 Å². The molecule has 0 radical (unpaired) electrons. The van der Waals surface area contributed by atoms with E-state index in [0.717, 1.165) is 5.56 Å². The number of thioether (sulfide) groups is 1. The summed E-state index contributed by atoms with van der Waals surface area (Å²) in [6, 6.07) is 1.75. The van der Waals surface area contributed by atoms with E-state index in [4.69, 9.17) is 8.94 Å². The molecule has 0 atom stereocenters. The maximum atomic E-state index is 11.2. The van der Waals surface area contributed by atoms with Crippen molar-refractivity contribution in [2.24, 2.45) is 7.05 Å². The van der Waals surface area contributed by atoms with Gasteiger partial charge >= 0.3 is 5.69 Å². The van der Waals surface area contributed by atoms with Crippen molar-refractivity contribution in [3.8, 4) is 11.4 Å². The van der Waals surface area contributed by atoms with Crippen molar-refractivity contribution in [1.29, 1.82) is 0 Å². The summed E-state index contributed by atoms with van der Waals surface area (Å²) >= 11 is 1.33. The number of hydrogen-bond donors (Lipinski definition) is 1. The number of rotatable bonds is 4. The fourth-order valence-corrected chi connectivity index (χ4v) is 2.17. The SMILES string of the molecule is Cn1c(SCc2nc(-c3ccoc3)no2)n[nH]c1=O. The molecule has 0 bridgehead atoms. The van der Waals surface area contributed by atoms with E-state index in [0.29, 0.717) is 22.6 Å². The van der Waals surface area contributed by atoms with Crippen LogP contribution in [0.4, 0.5) is 0 Å². The Hall–Kier alpha value is -2.29. The molecule has 9 heteroatoms. The molecule has 0 aromatic carbocycles. The van der Waals surface area contributed by atoms with Gasteiger partial charge in [0.15, 0.2) is 5.16 Å². The Morgan fingerprint density at radius 3 is 3.11 bits per heavy atom. The van der Waals surface area contributed by atoms with Crippen molar-refractivity contribution < 1.29 is 8.94 Å². The minimum absolute atomic E-state index is 0.257. The van der Waals surface area contributed by atoms with Crippen LogP contribution in [0.25, 0.3) is 11.4 Å². The zero-order valence-corrected chi connectivity index (χ0v) is 10.7. The van der Waals surface area contributed by atoms with Gasteiger partial charge in [0.05, 0.1) is 17.6 Å². The molecular formula is C10H9N5O3S. The molecular weight excluding hydrogens is 270 g/mol. The molecule has 0 aliphatic rings. The van der Waals surface area contributed by atoms with Crippen molar-refractivity contribution in [3.05, 3.63) is 35.0 Å². The Morgan fingerprint density at radius 2 is 2.42 bits per heavy atom. The molecule has 98 valence electrons. The molecule has 0 aliphatic heterocycles. The van der Waals surface area contributed by atoms with Crippen LogP contribution in [0.15, 0.2) is 37.5 Å². The van der Waals surface area contributed by atoms with Crippen molar-refractivity contribution >= 4 is 11.8 Å². The third-order valence-electron chi connectivity index (χ3n) is 2.41. The summed E-state index contributed by atoms with van der Waals surface area (Å²) in [7, 11) is 1.64. The Morgan fingerprint density at radius 1 is 1.53 bits per heavy atom. The van der Waals surface area contributed by atoms with E-state index in [-0.39, 0.29) is 5.69 Å². The van der Waals surface area contributed by atoms with E-state index < -0.39 is 0 Å². The fourth-order valence-electron chi connectivity index (χ4n) is 1.41. The van der Waals surface area contributed by atoms with Crippen LogP contribution in [0.5, 0.6) is 0 Å². The first kappa shape index (κ1) is 11.8. The number of hydrogen-bond acceptors (Lipinski definition) is 7. The lowest BCUT2D eigenvalue weighted by Gasteiger charge is -1.94. The molecule has 0 unspecified atom stereocenters. The van der Waals surface area contributed by atoms with E-state index in [1.807, 2.05) is 0 Å². The summed E-state index contributed by atoms with van der Waals surface area (Å²) in [6.45, 7) is 0. The average Bonchev–Trinajstić information content (AvgIpc) is 3.11. The highest BCUT2D eigenvalue weighted by atomic mass is 32.2. The first-order chi connectivity index (χ1) is 9.24. The number of aromatic amines is 1. The molecule has 3 heterocycles. The second kappa shape index (κ2) is 4.76. The van der Waals surface area contributed by atoms with Crippen LogP contribution in [-0.4, -0.2) is 24.9 Å². The molecule has 3 aromatic rings. The molecule has 0 aliphatic carbocycles. The zero-order valence-electron chi connectivity index (χ0n) is 9.86. The molecule has 0 amide bonds. The molecule has 0 saturated heterocycles. The second-order valence-electron chi connectivity index (χ2n) is 3.68. The third kappa shape index (κ3) is 2.32. The van der Waals surface area contributed by atoms with E-state index in [1.54, 1.807) is 25.6 Å². The lowest BCUT2D eigenvalue weighted by atomic mass is 10.3. The Kier molecular flexibility index (Phi) is 2.95. The number of aromatic nitrogens is 5. The highest BCUT2D eigenvalue weighted by molar-refractivity contribution is 7.98. The van der Waals surface area contributed by atoms with Crippen LogP contribution in [0.2, 0.25) is 0 Å². The van der Waals surface area contributed by atoms with Gasteiger partial charge in [-0.25, -0.2) is 9.89 Å². The van der Waals surface area contributed by atoms with E-state index in [1.165, 1.54) is 16.3 Å². The summed E-state index contributed by atoms with van der Waals surface area (Å²) in [5.41, 5.74) is 0.499. The highest BCUT2D eigenvalue weighted by Gasteiger charge is 2.12. The number of H-pyrrole nitrogens is 1.